The van der Waals surface area contributed by atoms with E-state index in [2.05, 4.69) is 16.8 Å². The summed E-state index contributed by atoms with van der Waals surface area (Å²) in [4.78, 5) is 17.9. The zero-order valence-electron chi connectivity index (χ0n) is 11.4. The number of sulfone groups is 1. The highest BCUT2D eigenvalue weighted by atomic mass is 32.2. The van der Waals surface area contributed by atoms with Gasteiger partial charge >= 0.3 is 0 Å². The highest BCUT2D eigenvalue weighted by molar-refractivity contribution is 7.91. The minimum absolute atomic E-state index is 0.00379. The number of pyridine rings is 1. The van der Waals surface area contributed by atoms with Gasteiger partial charge in [-0.25, -0.2) is 8.42 Å². The van der Waals surface area contributed by atoms with Gasteiger partial charge in [-0.1, -0.05) is 11.8 Å². The number of hydrogen-bond donors (Lipinski definition) is 1. The molecule has 0 aromatic carbocycles. The molecule has 1 aliphatic rings. The van der Waals surface area contributed by atoms with E-state index in [-0.39, 0.29) is 30.6 Å². The fraction of sp³-hybridized carbons (Fsp3) is 0.429. The lowest BCUT2D eigenvalue weighted by atomic mass is 10.2. The molecule has 1 aliphatic heterocycles. The average Bonchev–Trinajstić information content (AvgIpc) is 2.65. The van der Waals surface area contributed by atoms with Gasteiger partial charge in [-0.3, -0.25) is 9.78 Å². The molecule has 0 saturated carbocycles. The van der Waals surface area contributed by atoms with E-state index in [4.69, 9.17) is 5.11 Å². The van der Waals surface area contributed by atoms with E-state index >= 15 is 0 Å². The molecule has 112 valence electrons. The number of carbonyl (C=O) groups is 1. The fourth-order valence-electron chi connectivity index (χ4n) is 2.09. The van der Waals surface area contributed by atoms with Crippen molar-refractivity contribution in [1.82, 2.24) is 9.88 Å². The van der Waals surface area contributed by atoms with E-state index < -0.39 is 9.84 Å². The summed E-state index contributed by atoms with van der Waals surface area (Å²) in [6.07, 6.45) is 3.39. The molecule has 1 aromatic rings. The maximum Gasteiger partial charge on any atom is 0.255 e. The molecule has 1 fully saturated rings. The lowest BCUT2D eigenvalue weighted by Gasteiger charge is -2.19. The predicted molar refractivity (Wildman–Crippen MR) is 77.4 cm³/mol. The molecule has 1 amide bonds. The number of rotatable bonds is 1. The summed E-state index contributed by atoms with van der Waals surface area (Å²) in [5.41, 5.74) is 0.913. The number of carbonyl (C=O) groups excluding carboxylic acids is 1. The topological polar surface area (TPSA) is 87.6 Å². The Morgan fingerprint density at radius 3 is 2.90 bits per heavy atom. The van der Waals surface area contributed by atoms with Gasteiger partial charge in [0.25, 0.3) is 5.91 Å². The smallest absolute Gasteiger partial charge is 0.255 e. The van der Waals surface area contributed by atoms with Crippen LogP contribution >= 0.6 is 0 Å². The van der Waals surface area contributed by atoms with Crippen LogP contribution in [0.15, 0.2) is 18.5 Å². The molecule has 0 radical (unpaired) electrons. The highest BCUT2D eigenvalue weighted by Crippen LogP contribution is 2.11. The van der Waals surface area contributed by atoms with Crippen molar-refractivity contribution in [3.8, 4) is 11.8 Å². The van der Waals surface area contributed by atoms with Crippen molar-refractivity contribution in [3.05, 3.63) is 29.6 Å². The van der Waals surface area contributed by atoms with Crippen molar-refractivity contribution in [3.63, 3.8) is 0 Å². The van der Waals surface area contributed by atoms with Crippen LogP contribution in [0, 0.1) is 11.8 Å². The first-order valence-electron chi connectivity index (χ1n) is 6.56. The van der Waals surface area contributed by atoms with Crippen LogP contribution in [0.1, 0.15) is 22.3 Å². The van der Waals surface area contributed by atoms with Crippen molar-refractivity contribution < 1.29 is 18.3 Å². The zero-order valence-corrected chi connectivity index (χ0v) is 12.3. The van der Waals surface area contributed by atoms with Crippen LogP contribution in [-0.4, -0.2) is 60.5 Å². The van der Waals surface area contributed by atoms with E-state index in [1.54, 1.807) is 6.07 Å². The maximum atomic E-state index is 12.4. The molecule has 1 saturated heterocycles. The van der Waals surface area contributed by atoms with E-state index in [1.807, 2.05) is 0 Å². The summed E-state index contributed by atoms with van der Waals surface area (Å²) >= 11 is 0. The predicted octanol–water partition coefficient (Wildman–Crippen LogP) is -0.314. The van der Waals surface area contributed by atoms with Crippen molar-refractivity contribution >= 4 is 15.7 Å². The van der Waals surface area contributed by atoms with Gasteiger partial charge in [-0.05, 0) is 12.5 Å². The van der Waals surface area contributed by atoms with Gasteiger partial charge in [0.2, 0.25) is 0 Å². The molecule has 0 aliphatic carbocycles. The largest absolute Gasteiger partial charge is 0.384 e. The number of nitrogens with zero attached hydrogens (tertiary/aromatic N) is 2. The molecule has 1 aromatic heterocycles. The molecule has 0 atom stereocenters. The average molecular weight is 308 g/mol. The highest BCUT2D eigenvalue weighted by Gasteiger charge is 2.23. The first kappa shape index (κ1) is 15.5. The zero-order chi connectivity index (χ0) is 15.3. The van der Waals surface area contributed by atoms with Crippen LogP contribution in [0.4, 0.5) is 0 Å². The van der Waals surface area contributed by atoms with E-state index in [0.717, 1.165) is 0 Å². The third-order valence-electron chi connectivity index (χ3n) is 3.14. The van der Waals surface area contributed by atoms with E-state index in [1.165, 1.54) is 17.3 Å². The quantitative estimate of drug-likeness (QED) is 0.719. The Morgan fingerprint density at radius 1 is 1.33 bits per heavy atom. The molecule has 0 bridgehead atoms. The Bertz CT molecular complexity index is 688. The number of amides is 1. The molecule has 1 N–H and O–H groups in total. The third-order valence-corrected chi connectivity index (χ3v) is 4.86. The van der Waals surface area contributed by atoms with E-state index in [9.17, 15) is 13.2 Å². The second kappa shape index (κ2) is 6.70. The number of aromatic nitrogens is 1. The van der Waals surface area contributed by atoms with Crippen LogP contribution in [0.3, 0.4) is 0 Å². The molecular formula is C14H16N2O4S. The Balaban J connectivity index is 2.16. The van der Waals surface area contributed by atoms with Gasteiger partial charge in [0, 0.05) is 31.0 Å². The van der Waals surface area contributed by atoms with Crippen LogP contribution in [0.5, 0.6) is 0 Å². The minimum Gasteiger partial charge on any atom is -0.384 e. The lowest BCUT2D eigenvalue weighted by molar-refractivity contribution is 0.0768. The summed E-state index contributed by atoms with van der Waals surface area (Å²) < 4.78 is 23.1. The van der Waals surface area contributed by atoms with Crippen LogP contribution in [0.25, 0.3) is 0 Å². The summed E-state index contributed by atoms with van der Waals surface area (Å²) in [6.45, 7) is 0.362. The summed E-state index contributed by atoms with van der Waals surface area (Å²) in [5.74, 6) is 5.06. The monoisotopic (exact) mass is 308 g/mol. The van der Waals surface area contributed by atoms with Gasteiger partial charge < -0.3 is 10.0 Å². The van der Waals surface area contributed by atoms with E-state index in [0.29, 0.717) is 24.1 Å². The van der Waals surface area contributed by atoms with Gasteiger partial charge in [-0.15, -0.1) is 0 Å². The normalized spacial score (nSPS) is 17.5. The summed E-state index contributed by atoms with van der Waals surface area (Å²) in [6, 6.07) is 1.59. The second-order valence-corrected chi connectivity index (χ2v) is 7.02. The van der Waals surface area contributed by atoms with Gasteiger partial charge in [0.05, 0.1) is 17.1 Å². The van der Waals surface area contributed by atoms with Gasteiger partial charge in [0.15, 0.2) is 9.84 Å². The number of aliphatic hydroxyl groups is 1. The second-order valence-electron chi connectivity index (χ2n) is 4.72. The first-order valence-corrected chi connectivity index (χ1v) is 8.38. The van der Waals surface area contributed by atoms with Gasteiger partial charge in [-0.2, -0.15) is 0 Å². The molecule has 2 rings (SSSR count). The van der Waals surface area contributed by atoms with Crippen molar-refractivity contribution in [1.29, 1.82) is 0 Å². The van der Waals surface area contributed by atoms with Crippen LogP contribution < -0.4 is 0 Å². The maximum absolute atomic E-state index is 12.4. The van der Waals surface area contributed by atoms with Crippen molar-refractivity contribution in [2.24, 2.45) is 0 Å². The van der Waals surface area contributed by atoms with Crippen molar-refractivity contribution in [2.45, 2.75) is 6.42 Å². The van der Waals surface area contributed by atoms with Crippen LogP contribution in [0.2, 0.25) is 0 Å². The SMILES string of the molecule is O=C(c1cncc(C#CCO)c1)N1CCCS(=O)(=O)CC1. The number of hydrogen-bond acceptors (Lipinski definition) is 5. The molecule has 7 heteroatoms. The summed E-state index contributed by atoms with van der Waals surface area (Å²) in [5, 5.41) is 8.66. The van der Waals surface area contributed by atoms with Crippen LogP contribution in [-0.2, 0) is 9.84 Å². The Hall–Kier alpha value is -1.91. The Labute approximate surface area is 123 Å². The number of aliphatic hydroxyl groups excluding tert-OH is 1. The van der Waals surface area contributed by atoms with Crippen molar-refractivity contribution in [2.75, 3.05) is 31.2 Å². The fourth-order valence-corrected chi connectivity index (χ4v) is 3.36. The third kappa shape index (κ3) is 4.28. The molecule has 2 heterocycles. The molecule has 21 heavy (non-hydrogen) atoms. The molecule has 0 spiro atoms. The standard InChI is InChI=1S/C14H16N2O4S/c17-6-1-3-12-9-13(11-15-10-12)14(18)16-4-2-7-21(19,20)8-5-16/h9-11,17H,2,4-8H2. The molecule has 6 nitrogen and oxygen atoms in total. The molecule has 0 unspecified atom stereocenters. The first-order chi connectivity index (χ1) is 10.0. The molecular weight excluding hydrogens is 292 g/mol. The summed E-state index contributed by atoms with van der Waals surface area (Å²) in [7, 11) is -3.05. The van der Waals surface area contributed by atoms with Gasteiger partial charge in [0.1, 0.15) is 6.61 Å². The minimum atomic E-state index is -3.05. The Kier molecular flexibility index (Phi) is 4.94. The lowest BCUT2D eigenvalue weighted by Crippen LogP contribution is -2.33. The Morgan fingerprint density at radius 2 is 2.14 bits per heavy atom.